The molecule has 8 heteroatoms. The zero-order valence-electron chi connectivity index (χ0n) is 14.7. The van der Waals surface area contributed by atoms with Gasteiger partial charge in [-0.1, -0.05) is 6.07 Å². The lowest BCUT2D eigenvalue weighted by Crippen LogP contribution is -2.54. The van der Waals surface area contributed by atoms with Gasteiger partial charge in [0, 0.05) is 13.0 Å². The van der Waals surface area contributed by atoms with Crippen LogP contribution in [0.4, 0.5) is 0 Å². The van der Waals surface area contributed by atoms with Crippen molar-refractivity contribution in [3.63, 3.8) is 0 Å². The average molecular weight is 358 g/mol. The van der Waals surface area contributed by atoms with Crippen LogP contribution in [-0.2, 0) is 16.1 Å². The monoisotopic (exact) mass is 358 g/mol. The van der Waals surface area contributed by atoms with Crippen molar-refractivity contribution in [3.05, 3.63) is 34.9 Å². The van der Waals surface area contributed by atoms with E-state index < -0.39 is 23.8 Å². The topological polar surface area (TPSA) is 113 Å². The van der Waals surface area contributed by atoms with Gasteiger partial charge in [0.2, 0.25) is 11.8 Å². The SMILES string of the molecule is CN(CCCN)Cc1ccc2c(c1)C(=O)N(C1CCC(=O)NC1=O)C2=O. The van der Waals surface area contributed by atoms with E-state index in [1.165, 1.54) is 0 Å². The predicted molar refractivity (Wildman–Crippen MR) is 93.1 cm³/mol. The third-order valence-electron chi connectivity index (χ3n) is 4.70. The number of hydrogen-bond donors (Lipinski definition) is 2. The Balaban J connectivity index is 1.79. The van der Waals surface area contributed by atoms with E-state index in [1.54, 1.807) is 12.1 Å². The number of hydrogen-bond acceptors (Lipinski definition) is 6. The Morgan fingerprint density at radius 3 is 2.62 bits per heavy atom. The van der Waals surface area contributed by atoms with Gasteiger partial charge in [-0.15, -0.1) is 0 Å². The number of fused-ring (bicyclic) bond motifs is 1. The van der Waals surface area contributed by atoms with E-state index >= 15 is 0 Å². The molecule has 1 fully saturated rings. The third-order valence-corrected chi connectivity index (χ3v) is 4.70. The van der Waals surface area contributed by atoms with Gasteiger partial charge in [0.25, 0.3) is 11.8 Å². The molecule has 3 N–H and O–H groups in total. The minimum Gasteiger partial charge on any atom is -0.330 e. The Bertz CT molecular complexity index is 776. The first kappa shape index (κ1) is 18.2. The van der Waals surface area contributed by atoms with E-state index in [4.69, 9.17) is 5.73 Å². The summed E-state index contributed by atoms with van der Waals surface area (Å²) in [7, 11) is 1.96. The molecule has 1 aromatic rings. The number of nitrogens with one attached hydrogen (secondary N) is 1. The van der Waals surface area contributed by atoms with Crippen LogP contribution in [0.15, 0.2) is 18.2 Å². The fourth-order valence-electron chi connectivity index (χ4n) is 3.37. The summed E-state index contributed by atoms with van der Waals surface area (Å²) in [5.41, 5.74) is 7.04. The highest BCUT2D eigenvalue weighted by Gasteiger charge is 2.44. The average Bonchev–Trinajstić information content (AvgIpc) is 2.84. The molecule has 0 spiro atoms. The van der Waals surface area contributed by atoms with Crippen molar-refractivity contribution in [3.8, 4) is 0 Å². The summed E-state index contributed by atoms with van der Waals surface area (Å²) in [5, 5.41) is 2.19. The van der Waals surface area contributed by atoms with Crippen molar-refractivity contribution in [1.29, 1.82) is 0 Å². The fourth-order valence-corrected chi connectivity index (χ4v) is 3.37. The Morgan fingerprint density at radius 2 is 1.92 bits per heavy atom. The molecule has 0 aliphatic carbocycles. The molecular formula is C18H22N4O4. The van der Waals surface area contributed by atoms with Crippen molar-refractivity contribution in [2.45, 2.75) is 31.8 Å². The summed E-state index contributed by atoms with van der Waals surface area (Å²) in [4.78, 5) is 51.8. The molecule has 0 saturated carbocycles. The third kappa shape index (κ3) is 3.38. The highest BCUT2D eigenvalue weighted by atomic mass is 16.2. The second kappa shape index (κ2) is 7.35. The van der Waals surface area contributed by atoms with E-state index in [9.17, 15) is 19.2 Å². The number of imide groups is 2. The van der Waals surface area contributed by atoms with Gasteiger partial charge in [0.05, 0.1) is 11.1 Å². The first-order chi connectivity index (χ1) is 12.4. The molecule has 0 radical (unpaired) electrons. The number of piperidine rings is 1. The highest BCUT2D eigenvalue weighted by Crippen LogP contribution is 2.28. The molecule has 1 atom stereocenters. The van der Waals surface area contributed by atoms with Gasteiger partial charge in [-0.2, -0.15) is 0 Å². The number of rotatable bonds is 6. The molecule has 1 unspecified atom stereocenters. The van der Waals surface area contributed by atoms with Crippen LogP contribution in [-0.4, -0.2) is 59.6 Å². The number of amides is 4. The Morgan fingerprint density at radius 1 is 1.19 bits per heavy atom. The van der Waals surface area contributed by atoms with Crippen molar-refractivity contribution in [1.82, 2.24) is 15.1 Å². The largest absolute Gasteiger partial charge is 0.330 e. The van der Waals surface area contributed by atoms with Crippen molar-refractivity contribution in [2.75, 3.05) is 20.1 Å². The lowest BCUT2D eigenvalue weighted by atomic mass is 10.0. The van der Waals surface area contributed by atoms with Gasteiger partial charge in [0.15, 0.2) is 0 Å². The molecule has 1 saturated heterocycles. The molecular weight excluding hydrogens is 336 g/mol. The van der Waals surface area contributed by atoms with Crippen LogP contribution in [0.25, 0.3) is 0 Å². The summed E-state index contributed by atoms with van der Waals surface area (Å²) in [6.45, 7) is 2.08. The molecule has 26 heavy (non-hydrogen) atoms. The van der Waals surface area contributed by atoms with Gasteiger partial charge in [-0.25, -0.2) is 0 Å². The second-order valence-electron chi connectivity index (χ2n) is 6.71. The molecule has 4 amide bonds. The molecule has 3 rings (SSSR count). The first-order valence-electron chi connectivity index (χ1n) is 8.65. The van der Waals surface area contributed by atoms with E-state index in [-0.39, 0.29) is 18.7 Å². The zero-order valence-corrected chi connectivity index (χ0v) is 14.7. The van der Waals surface area contributed by atoms with Crippen LogP contribution in [0.3, 0.4) is 0 Å². The van der Waals surface area contributed by atoms with Crippen LogP contribution in [0.5, 0.6) is 0 Å². The van der Waals surface area contributed by atoms with E-state index in [1.807, 2.05) is 13.1 Å². The Kier molecular flexibility index (Phi) is 5.15. The normalized spacial score (nSPS) is 20.0. The number of nitrogens with two attached hydrogens (primary N) is 1. The predicted octanol–water partition coefficient (Wildman–Crippen LogP) is -0.132. The minimum atomic E-state index is -0.934. The lowest BCUT2D eigenvalue weighted by Gasteiger charge is -2.27. The highest BCUT2D eigenvalue weighted by molar-refractivity contribution is 6.23. The number of carbonyl (C=O) groups excluding carboxylic acids is 4. The standard InChI is InChI=1S/C18H22N4O4/c1-21(8-2-7-19)10-11-3-4-12-13(9-11)18(26)22(17(12)25)14-5-6-15(23)20-16(14)24/h3-4,9,14H,2,5-8,10,19H2,1H3,(H,20,23,24). The maximum absolute atomic E-state index is 12.8. The summed E-state index contributed by atoms with van der Waals surface area (Å²) in [6, 6.07) is 4.22. The van der Waals surface area contributed by atoms with Crippen molar-refractivity contribution >= 4 is 23.6 Å². The maximum atomic E-state index is 12.8. The Labute approximate surface area is 151 Å². The minimum absolute atomic E-state index is 0.112. The number of benzene rings is 1. The fraction of sp³-hybridized carbons (Fsp3) is 0.444. The molecule has 2 heterocycles. The summed E-state index contributed by atoms with van der Waals surface area (Å²) in [6.07, 6.45) is 1.15. The van der Waals surface area contributed by atoms with Gasteiger partial charge < -0.3 is 10.6 Å². The van der Waals surface area contributed by atoms with Crippen LogP contribution >= 0.6 is 0 Å². The summed E-state index contributed by atoms with van der Waals surface area (Å²) in [5.74, 6) is -1.95. The number of carbonyl (C=O) groups is 4. The van der Waals surface area contributed by atoms with Gasteiger partial charge in [-0.05, 0) is 50.7 Å². The second-order valence-corrected chi connectivity index (χ2v) is 6.71. The maximum Gasteiger partial charge on any atom is 0.262 e. The van der Waals surface area contributed by atoms with Gasteiger partial charge >= 0.3 is 0 Å². The quantitative estimate of drug-likeness (QED) is 0.685. The first-order valence-corrected chi connectivity index (χ1v) is 8.65. The van der Waals surface area contributed by atoms with Crippen molar-refractivity contribution in [2.24, 2.45) is 5.73 Å². The summed E-state index contributed by atoms with van der Waals surface area (Å²) >= 11 is 0. The smallest absolute Gasteiger partial charge is 0.262 e. The van der Waals surface area contributed by atoms with Crippen molar-refractivity contribution < 1.29 is 19.2 Å². The molecule has 0 aromatic heterocycles. The van der Waals surface area contributed by atoms with Crippen LogP contribution in [0.2, 0.25) is 0 Å². The Hall–Kier alpha value is -2.58. The van der Waals surface area contributed by atoms with Crippen LogP contribution in [0.1, 0.15) is 45.5 Å². The van der Waals surface area contributed by atoms with Crippen LogP contribution in [0, 0.1) is 0 Å². The summed E-state index contributed by atoms with van der Waals surface area (Å²) < 4.78 is 0. The van der Waals surface area contributed by atoms with E-state index in [2.05, 4.69) is 10.2 Å². The molecule has 138 valence electrons. The van der Waals surface area contributed by atoms with E-state index in [0.717, 1.165) is 23.4 Å². The van der Waals surface area contributed by atoms with E-state index in [0.29, 0.717) is 24.2 Å². The van der Waals surface area contributed by atoms with Gasteiger partial charge in [-0.3, -0.25) is 29.4 Å². The molecule has 2 aliphatic rings. The molecule has 1 aromatic carbocycles. The van der Waals surface area contributed by atoms with Gasteiger partial charge in [0.1, 0.15) is 6.04 Å². The lowest BCUT2D eigenvalue weighted by molar-refractivity contribution is -0.136. The molecule has 2 aliphatic heterocycles. The number of nitrogens with zero attached hydrogens (tertiary/aromatic N) is 2. The molecule has 0 bridgehead atoms. The molecule has 8 nitrogen and oxygen atoms in total. The zero-order chi connectivity index (χ0) is 18.8. The van der Waals surface area contributed by atoms with Crippen LogP contribution < -0.4 is 11.1 Å².